The molecule has 1 atom stereocenters. The van der Waals surface area contributed by atoms with Gasteiger partial charge >= 0.3 is 0 Å². The monoisotopic (exact) mass is 368 g/mol. The molecule has 7 nitrogen and oxygen atoms in total. The quantitative estimate of drug-likeness (QED) is 0.704. The van der Waals surface area contributed by atoms with E-state index in [2.05, 4.69) is 15.1 Å². The van der Waals surface area contributed by atoms with Crippen molar-refractivity contribution >= 4 is 5.91 Å². The van der Waals surface area contributed by atoms with Crippen molar-refractivity contribution in [1.29, 1.82) is 0 Å². The molecule has 1 aliphatic heterocycles. The lowest BCUT2D eigenvalue weighted by Gasteiger charge is -2.18. The molecule has 8 heteroatoms. The number of aromatic nitrogens is 3. The summed E-state index contributed by atoms with van der Waals surface area (Å²) in [6.45, 7) is 0.149. The van der Waals surface area contributed by atoms with Gasteiger partial charge in [0.05, 0.1) is 13.7 Å². The van der Waals surface area contributed by atoms with Gasteiger partial charge in [0.15, 0.2) is 0 Å². The smallest absolute Gasteiger partial charge is 0.266 e. The van der Waals surface area contributed by atoms with Crippen molar-refractivity contribution in [2.24, 2.45) is 0 Å². The van der Waals surface area contributed by atoms with Gasteiger partial charge < -0.3 is 14.2 Å². The first-order valence-electron chi connectivity index (χ1n) is 8.46. The van der Waals surface area contributed by atoms with E-state index < -0.39 is 5.67 Å². The van der Waals surface area contributed by atoms with Crippen LogP contribution in [-0.4, -0.2) is 46.1 Å². The second kappa shape index (κ2) is 6.79. The van der Waals surface area contributed by atoms with Crippen LogP contribution in [0, 0.1) is 0 Å². The fraction of sp³-hybridized carbons (Fsp3) is 0.263. The van der Waals surface area contributed by atoms with Crippen LogP contribution < -0.4 is 4.74 Å². The summed E-state index contributed by atoms with van der Waals surface area (Å²) in [5, 5.41) is 3.88. The summed E-state index contributed by atoms with van der Waals surface area (Å²) < 4.78 is 25.7. The van der Waals surface area contributed by atoms with Gasteiger partial charge in [-0.3, -0.25) is 9.78 Å². The van der Waals surface area contributed by atoms with Crippen LogP contribution in [0.5, 0.6) is 5.75 Å². The molecule has 138 valence electrons. The molecule has 3 heterocycles. The molecule has 3 aromatic rings. The maximum atomic E-state index is 15.4. The minimum Gasteiger partial charge on any atom is -0.497 e. The van der Waals surface area contributed by atoms with E-state index in [9.17, 15) is 4.79 Å². The Morgan fingerprint density at radius 2 is 1.96 bits per heavy atom. The minimum atomic E-state index is -1.86. The summed E-state index contributed by atoms with van der Waals surface area (Å²) in [7, 11) is 1.58. The van der Waals surface area contributed by atoms with Gasteiger partial charge in [0.25, 0.3) is 11.8 Å². The average Bonchev–Trinajstić information content (AvgIpc) is 3.36. The topological polar surface area (TPSA) is 81.4 Å². The van der Waals surface area contributed by atoms with E-state index in [-0.39, 0.29) is 31.3 Å². The number of halogens is 1. The number of carbonyl (C=O) groups excluding carboxylic acids is 1. The van der Waals surface area contributed by atoms with Crippen LogP contribution in [0.15, 0.2) is 53.3 Å². The molecule has 0 bridgehead atoms. The van der Waals surface area contributed by atoms with Crippen molar-refractivity contribution < 1.29 is 18.4 Å². The van der Waals surface area contributed by atoms with Crippen molar-refractivity contribution in [2.75, 3.05) is 20.2 Å². The van der Waals surface area contributed by atoms with Crippen LogP contribution in [0.4, 0.5) is 4.39 Å². The van der Waals surface area contributed by atoms with Crippen molar-refractivity contribution in [3.63, 3.8) is 0 Å². The summed E-state index contributed by atoms with van der Waals surface area (Å²) in [6.07, 6.45) is 3.17. The van der Waals surface area contributed by atoms with E-state index in [1.165, 1.54) is 17.3 Å². The molecule has 1 aromatic carbocycles. The summed E-state index contributed by atoms with van der Waals surface area (Å²) in [6, 6.07) is 10.3. The SMILES string of the molecule is COc1ccc(-c2noc(C3(F)CCN(C(=O)c4ccncc4)C3)n2)cc1. The summed E-state index contributed by atoms with van der Waals surface area (Å²) in [5.74, 6) is 0.638. The second-order valence-corrected chi connectivity index (χ2v) is 6.33. The molecule has 1 unspecified atom stereocenters. The number of methoxy groups -OCH3 is 1. The number of hydrogen-bond acceptors (Lipinski definition) is 6. The van der Waals surface area contributed by atoms with Gasteiger partial charge in [-0.25, -0.2) is 4.39 Å². The highest BCUT2D eigenvalue weighted by atomic mass is 19.1. The molecule has 4 rings (SSSR count). The van der Waals surface area contributed by atoms with Crippen molar-refractivity contribution in [1.82, 2.24) is 20.0 Å². The molecular weight excluding hydrogens is 351 g/mol. The minimum absolute atomic E-state index is 0.105. The third-order valence-corrected chi connectivity index (χ3v) is 4.59. The number of alkyl halides is 1. The molecule has 1 amide bonds. The zero-order valence-corrected chi connectivity index (χ0v) is 14.6. The maximum Gasteiger partial charge on any atom is 0.266 e. The van der Waals surface area contributed by atoms with Crippen LogP contribution in [0.25, 0.3) is 11.4 Å². The standard InChI is InChI=1S/C19H17FN4O3/c1-26-15-4-2-13(3-5-15)16-22-18(27-23-16)19(20)8-11-24(12-19)17(25)14-6-9-21-10-7-14/h2-7,9-10H,8,11-12H2,1H3. The van der Waals surface area contributed by atoms with Gasteiger partial charge in [-0.1, -0.05) is 5.16 Å². The Morgan fingerprint density at radius 3 is 2.67 bits per heavy atom. The zero-order valence-electron chi connectivity index (χ0n) is 14.6. The molecule has 1 aliphatic rings. The van der Waals surface area contributed by atoms with Crippen LogP contribution in [0.2, 0.25) is 0 Å². The van der Waals surface area contributed by atoms with Gasteiger partial charge in [0, 0.05) is 36.5 Å². The first-order chi connectivity index (χ1) is 13.1. The number of benzene rings is 1. The first-order valence-corrected chi connectivity index (χ1v) is 8.46. The Hall–Kier alpha value is -3.29. The van der Waals surface area contributed by atoms with Crippen molar-refractivity contribution in [2.45, 2.75) is 12.1 Å². The highest BCUT2D eigenvalue weighted by Gasteiger charge is 2.46. The van der Waals surface area contributed by atoms with Gasteiger partial charge in [-0.15, -0.1) is 0 Å². The van der Waals surface area contributed by atoms with Crippen molar-refractivity contribution in [3.8, 4) is 17.1 Å². The summed E-state index contributed by atoms with van der Waals surface area (Å²) >= 11 is 0. The fourth-order valence-electron chi connectivity index (χ4n) is 3.06. The lowest BCUT2D eigenvalue weighted by molar-refractivity contribution is 0.0716. The third kappa shape index (κ3) is 3.25. The molecular formula is C19H17FN4O3. The molecule has 2 aromatic heterocycles. The van der Waals surface area contributed by atoms with E-state index in [0.717, 1.165) is 0 Å². The number of rotatable bonds is 4. The number of pyridine rings is 1. The lowest BCUT2D eigenvalue weighted by Crippen LogP contribution is -2.32. The normalized spacial score (nSPS) is 19.3. The average molecular weight is 368 g/mol. The number of likely N-dealkylation sites (tertiary alicyclic amines) is 1. The van der Waals surface area contributed by atoms with Gasteiger partial charge in [-0.2, -0.15) is 4.98 Å². The number of ether oxygens (including phenoxy) is 1. The predicted octanol–water partition coefficient (Wildman–Crippen LogP) is 2.85. The van der Waals surface area contributed by atoms with Crippen LogP contribution in [-0.2, 0) is 5.67 Å². The Balaban J connectivity index is 1.52. The maximum absolute atomic E-state index is 15.4. The molecule has 1 saturated heterocycles. The van der Waals surface area contributed by atoms with Crippen LogP contribution >= 0.6 is 0 Å². The molecule has 0 saturated carbocycles. The van der Waals surface area contributed by atoms with E-state index in [4.69, 9.17) is 9.26 Å². The predicted molar refractivity (Wildman–Crippen MR) is 93.8 cm³/mol. The Bertz CT molecular complexity index is 945. The highest BCUT2D eigenvalue weighted by Crippen LogP contribution is 2.36. The van der Waals surface area contributed by atoms with Gasteiger partial charge in [0.2, 0.25) is 11.5 Å². The molecule has 1 fully saturated rings. The van der Waals surface area contributed by atoms with Gasteiger partial charge in [-0.05, 0) is 36.4 Å². The third-order valence-electron chi connectivity index (χ3n) is 4.59. The number of hydrogen-bond donors (Lipinski definition) is 0. The zero-order chi connectivity index (χ0) is 18.9. The molecule has 0 radical (unpaired) electrons. The molecule has 0 spiro atoms. The Labute approximate surface area is 154 Å². The first kappa shape index (κ1) is 17.1. The molecule has 27 heavy (non-hydrogen) atoms. The van der Waals surface area contributed by atoms with E-state index in [1.807, 2.05) is 0 Å². The van der Waals surface area contributed by atoms with E-state index in [0.29, 0.717) is 22.7 Å². The van der Waals surface area contributed by atoms with Crippen molar-refractivity contribution in [3.05, 3.63) is 60.2 Å². The summed E-state index contributed by atoms with van der Waals surface area (Å²) in [4.78, 5) is 22.1. The number of carbonyl (C=O) groups is 1. The highest BCUT2D eigenvalue weighted by molar-refractivity contribution is 5.94. The largest absolute Gasteiger partial charge is 0.497 e. The second-order valence-electron chi connectivity index (χ2n) is 6.33. The Kier molecular flexibility index (Phi) is 4.31. The number of amides is 1. The number of nitrogens with zero attached hydrogens (tertiary/aromatic N) is 4. The molecule has 0 N–H and O–H groups in total. The Morgan fingerprint density at radius 1 is 1.22 bits per heavy atom. The van der Waals surface area contributed by atoms with Crippen LogP contribution in [0.3, 0.4) is 0 Å². The summed E-state index contributed by atoms with van der Waals surface area (Å²) in [5.41, 5.74) is -0.698. The van der Waals surface area contributed by atoms with Crippen LogP contribution in [0.1, 0.15) is 22.7 Å². The lowest BCUT2D eigenvalue weighted by atomic mass is 10.1. The van der Waals surface area contributed by atoms with E-state index >= 15 is 4.39 Å². The molecule has 0 aliphatic carbocycles. The van der Waals surface area contributed by atoms with E-state index in [1.54, 1.807) is 43.5 Å². The van der Waals surface area contributed by atoms with Gasteiger partial charge in [0.1, 0.15) is 5.75 Å². The fourth-order valence-corrected chi connectivity index (χ4v) is 3.06.